The Balaban J connectivity index is 2.80. The van der Waals surface area contributed by atoms with Gasteiger partial charge >= 0.3 is 0 Å². The number of rotatable bonds is 8. The summed E-state index contributed by atoms with van der Waals surface area (Å²) in [5.41, 5.74) is -0.360. The van der Waals surface area contributed by atoms with Crippen LogP contribution in [0.25, 0.3) is 0 Å². The highest BCUT2D eigenvalue weighted by atomic mass is 28.4. The fourth-order valence-corrected chi connectivity index (χ4v) is 3.97. The van der Waals surface area contributed by atoms with Crippen molar-refractivity contribution < 1.29 is 9.53 Å². The summed E-state index contributed by atoms with van der Waals surface area (Å²) in [6.07, 6.45) is 15.0. The summed E-state index contributed by atoms with van der Waals surface area (Å²) in [4.78, 5) is 0. The van der Waals surface area contributed by atoms with E-state index in [1.54, 1.807) is 0 Å². The van der Waals surface area contributed by atoms with Crippen molar-refractivity contribution in [3.63, 3.8) is 0 Å². The molecular weight excluding hydrogens is 324 g/mol. The number of allylic oxidation sites excluding steroid dienone is 2. The van der Waals surface area contributed by atoms with Crippen LogP contribution >= 0.6 is 0 Å². The van der Waals surface area contributed by atoms with Crippen molar-refractivity contribution in [3.8, 4) is 12.3 Å². The molecule has 0 radical (unpaired) electrons. The average molecular weight is 363 g/mol. The second-order valence-electron chi connectivity index (χ2n) is 9.50. The molecule has 0 spiro atoms. The fourth-order valence-electron chi connectivity index (χ4n) is 2.60. The Morgan fingerprint density at radius 2 is 1.88 bits per heavy atom. The van der Waals surface area contributed by atoms with Gasteiger partial charge in [-0.05, 0) is 43.8 Å². The van der Waals surface area contributed by atoms with Crippen LogP contribution in [-0.2, 0) is 4.43 Å². The number of hydrogen-bond acceptors (Lipinski definition) is 2. The quantitative estimate of drug-likeness (QED) is 0.348. The molecule has 1 fully saturated rings. The minimum absolute atomic E-state index is 0.0961. The van der Waals surface area contributed by atoms with Gasteiger partial charge in [-0.15, -0.1) is 12.3 Å². The van der Waals surface area contributed by atoms with Gasteiger partial charge in [0.25, 0.3) is 0 Å². The Morgan fingerprint density at radius 3 is 2.32 bits per heavy atom. The first kappa shape index (κ1) is 22.2. The van der Waals surface area contributed by atoms with Crippen molar-refractivity contribution in [2.45, 2.75) is 84.7 Å². The molecule has 2 nitrogen and oxygen atoms in total. The Morgan fingerprint density at radius 1 is 1.28 bits per heavy atom. The third-order valence-electron chi connectivity index (χ3n) is 5.98. The van der Waals surface area contributed by atoms with Crippen molar-refractivity contribution >= 4 is 8.32 Å². The lowest BCUT2D eigenvalue weighted by Gasteiger charge is -2.44. The molecule has 0 bridgehead atoms. The largest absolute Gasteiger partial charge is 0.410 e. The summed E-state index contributed by atoms with van der Waals surface area (Å²) in [5, 5.41) is 11.0. The summed E-state index contributed by atoms with van der Waals surface area (Å²) in [6, 6.07) is 0. The number of terminal acetylenes is 1. The fraction of sp³-hybridized carbons (Fsp3) is 0.727. The van der Waals surface area contributed by atoms with E-state index in [1.807, 2.05) is 13.0 Å². The third-order valence-corrected chi connectivity index (χ3v) is 10.4. The zero-order valence-electron chi connectivity index (χ0n) is 17.5. The highest BCUT2D eigenvalue weighted by molar-refractivity contribution is 6.74. The molecule has 0 aliphatic heterocycles. The molecular formula is C22H38O2Si. The van der Waals surface area contributed by atoms with E-state index in [2.05, 4.69) is 71.9 Å². The summed E-state index contributed by atoms with van der Waals surface area (Å²) >= 11 is 0. The first-order valence-electron chi connectivity index (χ1n) is 9.48. The second kappa shape index (κ2) is 8.25. The molecule has 1 rings (SSSR count). The van der Waals surface area contributed by atoms with Crippen LogP contribution in [0.1, 0.15) is 54.4 Å². The Bertz CT molecular complexity index is 531. The van der Waals surface area contributed by atoms with Gasteiger partial charge in [-0.1, -0.05) is 58.9 Å². The molecule has 25 heavy (non-hydrogen) atoms. The summed E-state index contributed by atoms with van der Waals surface area (Å²) in [7, 11) is -1.92. The molecule has 0 aromatic carbocycles. The van der Waals surface area contributed by atoms with E-state index in [0.29, 0.717) is 18.3 Å². The van der Waals surface area contributed by atoms with Gasteiger partial charge in [0.1, 0.15) is 0 Å². The molecule has 0 amide bonds. The molecule has 3 heteroatoms. The summed E-state index contributed by atoms with van der Waals surface area (Å²) in [6.45, 7) is 17.5. The molecule has 0 aromatic heterocycles. The predicted molar refractivity (Wildman–Crippen MR) is 111 cm³/mol. The van der Waals surface area contributed by atoms with Gasteiger partial charge in [0.2, 0.25) is 0 Å². The Kier molecular flexibility index (Phi) is 7.33. The van der Waals surface area contributed by atoms with Crippen molar-refractivity contribution in [2.24, 2.45) is 17.3 Å². The first-order chi connectivity index (χ1) is 11.4. The van der Waals surface area contributed by atoms with Gasteiger partial charge in [-0.25, -0.2) is 0 Å². The minimum atomic E-state index is -1.92. The van der Waals surface area contributed by atoms with Crippen molar-refractivity contribution in [3.05, 3.63) is 24.3 Å². The molecule has 0 aromatic rings. The van der Waals surface area contributed by atoms with Gasteiger partial charge in [0.05, 0.1) is 12.2 Å². The van der Waals surface area contributed by atoms with Gasteiger partial charge < -0.3 is 9.53 Å². The van der Waals surface area contributed by atoms with E-state index in [0.717, 1.165) is 6.42 Å². The summed E-state index contributed by atoms with van der Waals surface area (Å²) < 4.78 is 6.64. The van der Waals surface area contributed by atoms with E-state index < -0.39 is 14.4 Å². The Hall–Kier alpha value is -0.823. The van der Waals surface area contributed by atoms with Crippen LogP contribution in [0.3, 0.4) is 0 Å². The van der Waals surface area contributed by atoms with E-state index in [1.165, 1.54) is 0 Å². The monoisotopic (exact) mass is 362 g/mol. The predicted octanol–water partition coefficient (Wildman–Crippen LogP) is 5.56. The number of hydrogen-bond donors (Lipinski definition) is 1. The normalized spacial score (nSPS) is 24.5. The third kappa shape index (κ3) is 5.84. The molecule has 1 aliphatic rings. The maximum atomic E-state index is 10.8. The Labute approximate surface area is 156 Å². The average Bonchev–Trinajstić information content (AvgIpc) is 3.23. The molecule has 1 N–H and O–H groups in total. The lowest BCUT2D eigenvalue weighted by atomic mass is 9.79. The first-order valence-corrected chi connectivity index (χ1v) is 12.4. The minimum Gasteiger partial charge on any atom is -0.410 e. The van der Waals surface area contributed by atoms with E-state index in [9.17, 15) is 5.11 Å². The SMILES string of the molecule is C#C[C@@H]1C[C@@H]1/C=C\C[C@H](O)C(C)(C)C(/C=C/C)O[Si](C)(C)C(C)(C)C. The van der Waals surface area contributed by atoms with Crippen LogP contribution in [0.5, 0.6) is 0 Å². The molecule has 1 aliphatic carbocycles. The van der Waals surface area contributed by atoms with Crippen molar-refractivity contribution in [1.29, 1.82) is 0 Å². The number of aliphatic hydroxyl groups is 1. The van der Waals surface area contributed by atoms with Crippen LogP contribution in [0, 0.1) is 29.6 Å². The number of aliphatic hydroxyl groups excluding tert-OH is 1. The van der Waals surface area contributed by atoms with E-state index in [4.69, 9.17) is 10.8 Å². The van der Waals surface area contributed by atoms with Crippen LogP contribution in [0.15, 0.2) is 24.3 Å². The van der Waals surface area contributed by atoms with Crippen LogP contribution in [-0.4, -0.2) is 25.6 Å². The van der Waals surface area contributed by atoms with Gasteiger partial charge in [-0.3, -0.25) is 0 Å². The zero-order chi connectivity index (χ0) is 19.5. The van der Waals surface area contributed by atoms with Gasteiger partial charge in [0.15, 0.2) is 8.32 Å². The standard InChI is InChI=1S/C22H38O2Si/c1-10-13-20(24-25(8,9)21(3,4)5)22(6,7)19(23)15-12-14-18-16-17(18)11-2/h2,10,12-14,17-20,23H,15-16H2,1,3-9H3/b13-10+,14-12-/t17-,18+,19+,20?/m1/s1. The summed E-state index contributed by atoms with van der Waals surface area (Å²) in [5.74, 6) is 3.71. The highest BCUT2D eigenvalue weighted by Crippen LogP contribution is 2.42. The maximum Gasteiger partial charge on any atom is 0.192 e. The van der Waals surface area contributed by atoms with Crippen molar-refractivity contribution in [2.75, 3.05) is 0 Å². The molecule has 0 heterocycles. The highest BCUT2D eigenvalue weighted by Gasteiger charge is 2.44. The smallest absolute Gasteiger partial charge is 0.192 e. The zero-order valence-corrected chi connectivity index (χ0v) is 18.5. The molecule has 0 saturated heterocycles. The topological polar surface area (TPSA) is 29.5 Å². The van der Waals surface area contributed by atoms with E-state index >= 15 is 0 Å². The van der Waals surface area contributed by atoms with Crippen LogP contribution in [0.4, 0.5) is 0 Å². The molecule has 1 saturated carbocycles. The van der Waals surface area contributed by atoms with Crippen molar-refractivity contribution in [1.82, 2.24) is 0 Å². The van der Waals surface area contributed by atoms with E-state index in [-0.39, 0.29) is 16.6 Å². The molecule has 4 atom stereocenters. The van der Waals surface area contributed by atoms with Gasteiger partial charge in [0, 0.05) is 11.3 Å². The second-order valence-corrected chi connectivity index (χ2v) is 14.3. The van der Waals surface area contributed by atoms with Crippen LogP contribution in [0.2, 0.25) is 18.1 Å². The molecule has 142 valence electrons. The maximum absolute atomic E-state index is 10.8. The lowest BCUT2D eigenvalue weighted by Crippen LogP contribution is -2.50. The van der Waals surface area contributed by atoms with Crippen LogP contribution < -0.4 is 0 Å². The van der Waals surface area contributed by atoms with Gasteiger partial charge in [-0.2, -0.15) is 0 Å². The molecule has 1 unspecified atom stereocenters. The lowest BCUT2D eigenvalue weighted by molar-refractivity contribution is -0.0181.